The highest BCUT2D eigenvalue weighted by Gasteiger charge is 2.20. The monoisotopic (exact) mass is 251 g/mol. The highest BCUT2D eigenvalue weighted by Crippen LogP contribution is 2.26. The van der Waals surface area contributed by atoms with Gasteiger partial charge in [0.15, 0.2) is 0 Å². The Hall–Kier alpha value is -0.510. The van der Waals surface area contributed by atoms with E-state index in [2.05, 4.69) is 30.4 Å². The van der Waals surface area contributed by atoms with Gasteiger partial charge in [0.1, 0.15) is 0 Å². The lowest BCUT2D eigenvalue weighted by molar-refractivity contribution is 0.300. The molecule has 0 radical (unpaired) electrons. The van der Waals surface area contributed by atoms with E-state index in [9.17, 15) is 0 Å². The van der Waals surface area contributed by atoms with Crippen molar-refractivity contribution in [2.24, 2.45) is 0 Å². The average Bonchev–Trinajstić information content (AvgIpc) is 3.12. The zero-order valence-corrected chi connectivity index (χ0v) is 11.4. The number of rotatable bonds is 6. The van der Waals surface area contributed by atoms with Crippen LogP contribution in [0.3, 0.4) is 0 Å². The minimum absolute atomic E-state index is 0.231. The van der Waals surface area contributed by atoms with E-state index >= 15 is 0 Å². The number of aliphatic hydroxyl groups excluding tert-OH is 1. The summed E-state index contributed by atoms with van der Waals surface area (Å²) in [6.45, 7) is 5.42. The van der Waals surface area contributed by atoms with Gasteiger partial charge in [-0.2, -0.15) is 0 Å². The van der Waals surface area contributed by atoms with Gasteiger partial charge >= 0.3 is 0 Å². The van der Waals surface area contributed by atoms with Crippen molar-refractivity contribution in [3.05, 3.63) is 29.3 Å². The molecule has 2 nitrogen and oxygen atoms in total. The number of aliphatic hydroxyl groups is 1. The van der Waals surface area contributed by atoms with E-state index < -0.39 is 0 Å². The smallest absolute Gasteiger partial charge is 0.0550 e. The van der Waals surface area contributed by atoms with E-state index in [1.54, 1.807) is 11.8 Å². The van der Waals surface area contributed by atoms with Crippen LogP contribution in [0.2, 0.25) is 0 Å². The van der Waals surface area contributed by atoms with Crippen LogP contribution >= 0.6 is 11.8 Å². The van der Waals surface area contributed by atoms with Gasteiger partial charge in [0.25, 0.3) is 0 Å². The second-order valence-corrected chi connectivity index (χ2v) is 6.37. The van der Waals surface area contributed by atoms with Crippen molar-refractivity contribution in [3.8, 4) is 0 Å². The SMILES string of the molecule is Cc1cc(SC(C)CO)ccc1CNC1CC1. The number of aryl methyl sites for hydroxylation is 1. The quantitative estimate of drug-likeness (QED) is 0.763. The Morgan fingerprint density at radius 1 is 1.47 bits per heavy atom. The molecule has 1 atom stereocenters. The molecule has 1 fully saturated rings. The third kappa shape index (κ3) is 4.02. The van der Waals surface area contributed by atoms with Crippen molar-refractivity contribution >= 4 is 11.8 Å². The lowest BCUT2D eigenvalue weighted by Gasteiger charge is -2.11. The number of thioether (sulfide) groups is 1. The fourth-order valence-electron chi connectivity index (χ4n) is 1.75. The second kappa shape index (κ2) is 5.89. The normalized spacial score (nSPS) is 17.1. The van der Waals surface area contributed by atoms with Crippen molar-refractivity contribution in [3.63, 3.8) is 0 Å². The zero-order chi connectivity index (χ0) is 12.3. The summed E-state index contributed by atoms with van der Waals surface area (Å²) in [7, 11) is 0. The summed E-state index contributed by atoms with van der Waals surface area (Å²) in [5, 5.41) is 12.8. The van der Waals surface area contributed by atoms with Gasteiger partial charge in [-0.25, -0.2) is 0 Å². The molecule has 2 rings (SSSR count). The van der Waals surface area contributed by atoms with Crippen molar-refractivity contribution in [2.45, 2.75) is 49.4 Å². The summed E-state index contributed by atoms with van der Waals surface area (Å²) < 4.78 is 0. The number of benzene rings is 1. The van der Waals surface area contributed by atoms with E-state index in [-0.39, 0.29) is 11.9 Å². The minimum Gasteiger partial charge on any atom is -0.395 e. The third-order valence-electron chi connectivity index (χ3n) is 3.07. The van der Waals surface area contributed by atoms with Gasteiger partial charge in [0.05, 0.1) is 6.61 Å². The second-order valence-electron chi connectivity index (χ2n) is 4.85. The molecule has 1 aromatic rings. The molecule has 3 heteroatoms. The van der Waals surface area contributed by atoms with Crippen LogP contribution in [0, 0.1) is 6.92 Å². The van der Waals surface area contributed by atoms with E-state index in [1.165, 1.54) is 28.9 Å². The molecular weight excluding hydrogens is 230 g/mol. The lowest BCUT2D eigenvalue weighted by atomic mass is 10.1. The van der Waals surface area contributed by atoms with Crippen molar-refractivity contribution in [1.82, 2.24) is 5.32 Å². The van der Waals surface area contributed by atoms with Crippen LogP contribution in [0.25, 0.3) is 0 Å². The van der Waals surface area contributed by atoms with Crippen LogP contribution in [0.1, 0.15) is 30.9 Å². The Balaban J connectivity index is 1.94. The Morgan fingerprint density at radius 2 is 2.24 bits per heavy atom. The van der Waals surface area contributed by atoms with Crippen LogP contribution in [-0.4, -0.2) is 23.0 Å². The Labute approximate surface area is 108 Å². The number of hydrogen-bond donors (Lipinski definition) is 2. The molecule has 1 aliphatic carbocycles. The number of nitrogens with one attached hydrogen (secondary N) is 1. The zero-order valence-electron chi connectivity index (χ0n) is 10.6. The topological polar surface area (TPSA) is 32.3 Å². The molecule has 0 aliphatic heterocycles. The Bertz CT molecular complexity index is 376. The van der Waals surface area contributed by atoms with Gasteiger partial charge < -0.3 is 10.4 Å². The van der Waals surface area contributed by atoms with E-state index in [0.717, 1.165) is 12.6 Å². The predicted octanol–water partition coefficient (Wildman–Crippen LogP) is 2.72. The molecule has 94 valence electrons. The molecule has 0 amide bonds. The molecule has 1 unspecified atom stereocenters. The van der Waals surface area contributed by atoms with Gasteiger partial charge in [-0.15, -0.1) is 11.8 Å². The third-order valence-corrected chi connectivity index (χ3v) is 4.14. The van der Waals surface area contributed by atoms with Gasteiger partial charge in [-0.05, 0) is 43.0 Å². The van der Waals surface area contributed by atoms with Gasteiger partial charge in [0.2, 0.25) is 0 Å². The number of hydrogen-bond acceptors (Lipinski definition) is 3. The maximum Gasteiger partial charge on any atom is 0.0550 e. The van der Waals surface area contributed by atoms with Crippen molar-refractivity contribution < 1.29 is 5.11 Å². The fraction of sp³-hybridized carbons (Fsp3) is 0.571. The largest absolute Gasteiger partial charge is 0.395 e. The van der Waals surface area contributed by atoms with E-state index in [1.807, 2.05) is 6.92 Å². The maximum absolute atomic E-state index is 9.04. The van der Waals surface area contributed by atoms with Gasteiger partial charge in [-0.3, -0.25) is 0 Å². The van der Waals surface area contributed by atoms with Crippen LogP contribution in [0.5, 0.6) is 0 Å². The predicted molar refractivity (Wildman–Crippen MR) is 73.4 cm³/mol. The average molecular weight is 251 g/mol. The summed E-state index contributed by atoms with van der Waals surface area (Å²) in [5.74, 6) is 0. The first kappa shape index (κ1) is 12.9. The fourth-order valence-corrected chi connectivity index (χ4v) is 2.68. The van der Waals surface area contributed by atoms with Crippen LogP contribution in [-0.2, 0) is 6.54 Å². The molecule has 1 saturated carbocycles. The molecule has 0 spiro atoms. The molecule has 0 aromatic heterocycles. The first-order valence-electron chi connectivity index (χ1n) is 6.29. The first-order chi connectivity index (χ1) is 8.19. The minimum atomic E-state index is 0.231. The van der Waals surface area contributed by atoms with Crippen LogP contribution in [0.15, 0.2) is 23.1 Å². The first-order valence-corrected chi connectivity index (χ1v) is 7.17. The molecule has 1 aliphatic rings. The van der Waals surface area contributed by atoms with Gasteiger partial charge in [-0.1, -0.05) is 13.0 Å². The van der Waals surface area contributed by atoms with Crippen molar-refractivity contribution in [2.75, 3.05) is 6.61 Å². The van der Waals surface area contributed by atoms with Crippen LogP contribution in [0.4, 0.5) is 0 Å². The van der Waals surface area contributed by atoms with Gasteiger partial charge in [0, 0.05) is 22.7 Å². The summed E-state index contributed by atoms with van der Waals surface area (Å²) in [4.78, 5) is 1.25. The van der Waals surface area contributed by atoms with E-state index in [4.69, 9.17) is 5.11 Å². The highest BCUT2D eigenvalue weighted by molar-refractivity contribution is 8.00. The lowest BCUT2D eigenvalue weighted by Crippen LogP contribution is -2.16. The summed E-state index contributed by atoms with van der Waals surface area (Å²) in [5.41, 5.74) is 2.73. The molecule has 0 saturated heterocycles. The Kier molecular flexibility index (Phi) is 4.48. The van der Waals surface area contributed by atoms with Crippen molar-refractivity contribution in [1.29, 1.82) is 0 Å². The molecule has 2 N–H and O–H groups in total. The van der Waals surface area contributed by atoms with Crippen LogP contribution < -0.4 is 5.32 Å². The van der Waals surface area contributed by atoms with E-state index in [0.29, 0.717) is 0 Å². The molecule has 17 heavy (non-hydrogen) atoms. The summed E-state index contributed by atoms with van der Waals surface area (Å²) in [6, 6.07) is 7.35. The maximum atomic E-state index is 9.04. The molecular formula is C14H21NOS. The Morgan fingerprint density at radius 3 is 2.82 bits per heavy atom. The highest BCUT2D eigenvalue weighted by atomic mass is 32.2. The molecule has 0 bridgehead atoms. The summed E-state index contributed by atoms with van der Waals surface area (Å²) in [6.07, 6.45) is 2.67. The molecule has 1 aromatic carbocycles. The molecule has 0 heterocycles. The standard InChI is InChI=1S/C14H21NOS/c1-10-7-14(17-11(2)9-16)6-3-12(10)8-15-13-4-5-13/h3,6-7,11,13,15-16H,4-5,8-9H2,1-2H3. The summed E-state index contributed by atoms with van der Waals surface area (Å²) >= 11 is 1.73.